The average molecular weight is 717 g/mol. The third-order valence-electron chi connectivity index (χ3n) is 11.4. The number of benzene rings is 9. The largest absolute Gasteiger partial charge is 0.456 e. The number of amidine groups is 2. The molecule has 1 aliphatic rings. The molecule has 1 aliphatic heterocycles. The molecule has 0 fully saturated rings. The maximum atomic E-state index is 6.67. The van der Waals surface area contributed by atoms with Crippen LogP contribution < -0.4 is 5.32 Å². The van der Waals surface area contributed by atoms with E-state index >= 15 is 0 Å². The molecule has 0 saturated heterocycles. The first-order valence-corrected chi connectivity index (χ1v) is 19.0. The van der Waals surface area contributed by atoms with E-state index in [1.807, 2.05) is 18.2 Å². The minimum absolute atomic E-state index is 0.429. The molecule has 0 saturated carbocycles. The highest BCUT2D eigenvalue weighted by Gasteiger charge is 2.25. The number of nitrogens with one attached hydrogen (secondary N) is 1. The Hall–Kier alpha value is -7.50. The molecular weight excluding hydrogens is 685 g/mol. The monoisotopic (exact) mass is 716 g/mol. The summed E-state index contributed by atoms with van der Waals surface area (Å²) in [4.78, 5) is 10.4. The fourth-order valence-electron chi connectivity index (χ4n) is 8.94. The maximum Gasteiger partial charge on any atom is 0.204 e. The Kier molecular flexibility index (Phi) is 6.63. The van der Waals surface area contributed by atoms with Crippen LogP contribution in [0.5, 0.6) is 0 Å². The van der Waals surface area contributed by atoms with Crippen molar-refractivity contribution in [2.45, 2.75) is 6.29 Å². The van der Waals surface area contributed by atoms with Gasteiger partial charge in [-0.3, -0.25) is 0 Å². The molecule has 1 N–H and O–H groups in total. The molecule has 9 aromatic carbocycles. The van der Waals surface area contributed by atoms with Gasteiger partial charge in [-0.2, -0.15) is 0 Å². The van der Waals surface area contributed by atoms with Crippen molar-refractivity contribution in [3.63, 3.8) is 0 Å². The highest BCUT2D eigenvalue weighted by molar-refractivity contribution is 6.26. The Balaban J connectivity index is 1.01. The highest BCUT2D eigenvalue weighted by Crippen LogP contribution is 2.41. The van der Waals surface area contributed by atoms with Crippen LogP contribution in [0.1, 0.15) is 17.4 Å². The number of nitrogens with zero attached hydrogens (tertiary/aromatic N) is 3. The Morgan fingerprint density at radius 1 is 0.429 bits per heavy atom. The predicted molar refractivity (Wildman–Crippen MR) is 233 cm³/mol. The van der Waals surface area contributed by atoms with Gasteiger partial charge in [-0.1, -0.05) is 146 Å². The molecule has 5 heteroatoms. The normalized spacial score (nSPS) is 14.6. The predicted octanol–water partition coefficient (Wildman–Crippen LogP) is 12.8. The molecule has 0 radical (unpaired) electrons. The molecule has 1 unspecified atom stereocenters. The van der Waals surface area contributed by atoms with Crippen LogP contribution in [0.2, 0.25) is 0 Å². The summed E-state index contributed by atoms with van der Waals surface area (Å²) in [5.74, 6) is 1.41. The lowest BCUT2D eigenvalue weighted by atomic mass is 9.91. The van der Waals surface area contributed by atoms with Crippen LogP contribution >= 0.6 is 0 Å². The zero-order chi connectivity index (χ0) is 36.7. The van der Waals surface area contributed by atoms with Gasteiger partial charge < -0.3 is 14.3 Å². The molecule has 56 heavy (non-hydrogen) atoms. The number of hydrogen-bond acceptors (Lipinski definition) is 4. The van der Waals surface area contributed by atoms with Gasteiger partial charge in [0.15, 0.2) is 5.84 Å². The van der Waals surface area contributed by atoms with Crippen LogP contribution in [0.25, 0.3) is 87.2 Å². The van der Waals surface area contributed by atoms with Crippen molar-refractivity contribution in [2.24, 2.45) is 9.98 Å². The average Bonchev–Trinajstić information content (AvgIpc) is 3.82. The van der Waals surface area contributed by atoms with E-state index in [2.05, 4.69) is 174 Å². The van der Waals surface area contributed by atoms with E-state index in [9.17, 15) is 0 Å². The molecule has 5 nitrogen and oxygen atoms in total. The number of aromatic nitrogens is 1. The summed E-state index contributed by atoms with van der Waals surface area (Å²) in [6.07, 6.45) is -0.429. The first-order valence-electron chi connectivity index (χ1n) is 19.0. The van der Waals surface area contributed by atoms with E-state index in [-0.39, 0.29) is 0 Å². The molecule has 0 amide bonds. The summed E-state index contributed by atoms with van der Waals surface area (Å²) in [6, 6.07) is 64.4. The van der Waals surface area contributed by atoms with Crippen molar-refractivity contribution >= 4 is 87.7 Å². The zero-order valence-corrected chi connectivity index (χ0v) is 30.1. The van der Waals surface area contributed by atoms with Crippen LogP contribution in [-0.4, -0.2) is 16.2 Å². The fraction of sp³-hybridized carbons (Fsp3) is 0.0196. The van der Waals surface area contributed by atoms with Crippen molar-refractivity contribution in [3.8, 4) is 11.1 Å². The summed E-state index contributed by atoms with van der Waals surface area (Å²) in [7, 11) is 0. The first kappa shape index (κ1) is 30.9. The van der Waals surface area contributed by atoms with Crippen molar-refractivity contribution in [1.82, 2.24) is 9.88 Å². The molecule has 0 bridgehead atoms. The fourth-order valence-corrected chi connectivity index (χ4v) is 8.94. The van der Waals surface area contributed by atoms with Crippen LogP contribution in [0, 0.1) is 0 Å². The second-order valence-electron chi connectivity index (χ2n) is 14.5. The topological polar surface area (TPSA) is 54.8 Å². The van der Waals surface area contributed by atoms with Gasteiger partial charge in [-0.25, -0.2) is 9.98 Å². The van der Waals surface area contributed by atoms with Gasteiger partial charge in [0.2, 0.25) is 6.29 Å². The lowest BCUT2D eigenvalue weighted by Crippen LogP contribution is -2.36. The zero-order valence-electron chi connectivity index (χ0n) is 30.1. The van der Waals surface area contributed by atoms with E-state index < -0.39 is 6.29 Å². The molecule has 3 heterocycles. The van der Waals surface area contributed by atoms with Crippen LogP contribution in [0.15, 0.2) is 196 Å². The third kappa shape index (κ3) is 4.61. The minimum Gasteiger partial charge on any atom is -0.456 e. The van der Waals surface area contributed by atoms with E-state index in [0.717, 1.165) is 61.1 Å². The summed E-state index contributed by atoms with van der Waals surface area (Å²) >= 11 is 0. The standard InChI is InChI=1S/C51H32N4O/c1-2-13-31(14-3-1)49-52-50(54-51(53-49)55-44-22-10-8-19-40(44)41-20-9-11-23-45(41)55)33-26-28-42-47(30-33)56-46-24-12-21-34(48(42)46)32-25-27-39-37-17-5-4-15-35(37)36-16-6-7-18-38(36)43(39)29-32/h1-30,51H,(H,52,53,54). The molecule has 0 spiro atoms. The Morgan fingerprint density at radius 3 is 1.70 bits per heavy atom. The Bertz CT molecular complexity index is 3370. The molecule has 1 atom stereocenters. The maximum absolute atomic E-state index is 6.67. The number of fused-ring (bicyclic) bond motifs is 12. The van der Waals surface area contributed by atoms with Gasteiger partial charge in [-0.15, -0.1) is 0 Å². The van der Waals surface area contributed by atoms with Gasteiger partial charge in [0.25, 0.3) is 0 Å². The lowest BCUT2D eigenvalue weighted by Gasteiger charge is -2.25. The van der Waals surface area contributed by atoms with Gasteiger partial charge in [0.05, 0.1) is 11.0 Å². The summed E-state index contributed by atoms with van der Waals surface area (Å²) in [5.41, 5.74) is 8.07. The summed E-state index contributed by atoms with van der Waals surface area (Å²) in [6.45, 7) is 0. The van der Waals surface area contributed by atoms with Crippen molar-refractivity contribution < 1.29 is 4.42 Å². The second kappa shape index (κ2) is 12.0. The number of aliphatic imine (C=N–C) groups is 2. The first-order chi connectivity index (χ1) is 27.8. The van der Waals surface area contributed by atoms with Crippen molar-refractivity contribution in [2.75, 3.05) is 0 Å². The number of rotatable bonds is 4. The number of furan rings is 1. The smallest absolute Gasteiger partial charge is 0.204 e. The Morgan fingerprint density at radius 2 is 1.00 bits per heavy atom. The second-order valence-corrected chi connectivity index (χ2v) is 14.5. The summed E-state index contributed by atoms with van der Waals surface area (Å²) in [5, 5.41) is 15.9. The SMILES string of the molecule is c1ccc(C2=NC(n3c4ccccc4c4ccccc43)NC(c3ccc4c(c3)oc3cccc(-c5ccc6c7ccccc7c7ccccc7c6c5)c34)=N2)cc1. The summed E-state index contributed by atoms with van der Waals surface area (Å²) < 4.78 is 8.95. The van der Waals surface area contributed by atoms with Gasteiger partial charge in [0.1, 0.15) is 17.0 Å². The Labute approximate surface area is 321 Å². The quantitative estimate of drug-likeness (QED) is 0.184. The molecule has 2 aromatic heterocycles. The van der Waals surface area contributed by atoms with Crippen LogP contribution in [0.4, 0.5) is 0 Å². The highest BCUT2D eigenvalue weighted by atomic mass is 16.3. The third-order valence-corrected chi connectivity index (χ3v) is 11.4. The number of para-hydroxylation sites is 2. The van der Waals surface area contributed by atoms with E-state index in [1.165, 1.54) is 43.1 Å². The van der Waals surface area contributed by atoms with Gasteiger partial charge in [-0.05, 0) is 79.8 Å². The lowest BCUT2D eigenvalue weighted by molar-refractivity contribution is 0.515. The van der Waals surface area contributed by atoms with E-state index in [1.54, 1.807) is 0 Å². The van der Waals surface area contributed by atoms with Crippen LogP contribution in [0.3, 0.4) is 0 Å². The molecule has 11 aromatic rings. The molecule has 12 rings (SSSR count). The van der Waals surface area contributed by atoms with E-state index in [0.29, 0.717) is 5.84 Å². The number of hydrogen-bond donors (Lipinski definition) is 1. The molecular formula is C51H32N4O. The van der Waals surface area contributed by atoms with Crippen LogP contribution in [-0.2, 0) is 0 Å². The van der Waals surface area contributed by atoms with Crippen molar-refractivity contribution in [1.29, 1.82) is 0 Å². The van der Waals surface area contributed by atoms with E-state index in [4.69, 9.17) is 14.4 Å². The van der Waals surface area contributed by atoms with Crippen molar-refractivity contribution in [3.05, 3.63) is 193 Å². The minimum atomic E-state index is -0.429. The van der Waals surface area contributed by atoms with Gasteiger partial charge in [0, 0.05) is 32.7 Å². The van der Waals surface area contributed by atoms with Gasteiger partial charge >= 0.3 is 0 Å². The molecule has 0 aliphatic carbocycles. The molecule has 262 valence electrons.